The van der Waals surface area contributed by atoms with Gasteiger partial charge in [0.2, 0.25) is 5.91 Å². The Morgan fingerprint density at radius 1 is 0.893 bits per heavy atom. The summed E-state index contributed by atoms with van der Waals surface area (Å²) in [4.78, 5) is 12.3. The Labute approximate surface area is 166 Å². The second-order valence-corrected chi connectivity index (χ2v) is 6.97. The number of aryl methyl sites for hydroxylation is 3. The third kappa shape index (κ3) is 5.36. The maximum atomic E-state index is 12.3. The Morgan fingerprint density at radius 3 is 2.18 bits per heavy atom. The molecule has 3 aromatic rings. The molecule has 4 nitrogen and oxygen atoms in total. The molecule has 144 valence electrons. The van der Waals surface area contributed by atoms with Gasteiger partial charge in [0.05, 0.1) is 6.54 Å². The van der Waals surface area contributed by atoms with Gasteiger partial charge < -0.3 is 15.4 Å². The molecule has 0 aliphatic rings. The summed E-state index contributed by atoms with van der Waals surface area (Å²) in [7, 11) is 0. The van der Waals surface area contributed by atoms with Crippen LogP contribution in [0.1, 0.15) is 22.3 Å². The Hall–Kier alpha value is -3.27. The van der Waals surface area contributed by atoms with Crippen LogP contribution in [0, 0.1) is 20.8 Å². The molecule has 0 heterocycles. The fourth-order valence-electron chi connectivity index (χ4n) is 3.21. The highest BCUT2D eigenvalue weighted by molar-refractivity contribution is 5.94. The van der Waals surface area contributed by atoms with Gasteiger partial charge in [0.15, 0.2) is 0 Å². The minimum Gasteiger partial charge on any atom is -0.489 e. The van der Waals surface area contributed by atoms with Crippen molar-refractivity contribution in [3.8, 4) is 5.75 Å². The molecule has 0 aliphatic carbocycles. The molecule has 28 heavy (non-hydrogen) atoms. The number of amides is 1. The summed E-state index contributed by atoms with van der Waals surface area (Å²) in [5, 5.41) is 6.15. The second-order valence-electron chi connectivity index (χ2n) is 6.97. The molecule has 4 heteroatoms. The van der Waals surface area contributed by atoms with Crippen LogP contribution in [0.25, 0.3) is 0 Å². The van der Waals surface area contributed by atoms with E-state index in [4.69, 9.17) is 4.74 Å². The maximum Gasteiger partial charge on any atom is 0.243 e. The molecule has 0 fully saturated rings. The molecule has 3 aromatic carbocycles. The van der Waals surface area contributed by atoms with Gasteiger partial charge in [0.1, 0.15) is 12.4 Å². The van der Waals surface area contributed by atoms with E-state index in [-0.39, 0.29) is 12.5 Å². The molecule has 0 aliphatic heterocycles. The first-order valence-corrected chi connectivity index (χ1v) is 9.39. The molecule has 2 N–H and O–H groups in total. The van der Waals surface area contributed by atoms with E-state index in [1.807, 2.05) is 54.6 Å². The fourth-order valence-corrected chi connectivity index (χ4v) is 3.21. The van der Waals surface area contributed by atoms with E-state index in [2.05, 4.69) is 43.5 Å². The topological polar surface area (TPSA) is 50.4 Å². The number of rotatable bonds is 7. The van der Waals surface area contributed by atoms with Crippen LogP contribution in [0.4, 0.5) is 11.4 Å². The standard InChI is InChI=1S/C24H26N2O2/c1-17-13-18(2)24(19(3)14-17)25-15-23(27)26-21-9-11-22(12-10-21)28-16-20-7-5-4-6-8-20/h4-14,25H,15-16H2,1-3H3,(H,26,27). The van der Waals surface area contributed by atoms with Crippen molar-refractivity contribution >= 4 is 17.3 Å². The minimum atomic E-state index is -0.0858. The number of hydrogen-bond donors (Lipinski definition) is 2. The van der Waals surface area contributed by atoms with E-state index in [0.29, 0.717) is 6.61 Å². The zero-order chi connectivity index (χ0) is 19.9. The van der Waals surface area contributed by atoms with Gasteiger partial charge in [-0.05, 0) is 61.7 Å². The Kier molecular flexibility index (Phi) is 6.33. The van der Waals surface area contributed by atoms with Gasteiger partial charge in [-0.2, -0.15) is 0 Å². The molecule has 0 aromatic heterocycles. The monoisotopic (exact) mass is 374 g/mol. The van der Waals surface area contributed by atoms with Crippen LogP contribution < -0.4 is 15.4 Å². The summed E-state index contributed by atoms with van der Waals surface area (Å²) >= 11 is 0. The molecule has 0 radical (unpaired) electrons. The zero-order valence-electron chi connectivity index (χ0n) is 16.6. The fraction of sp³-hybridized carbons (Fsp3) is 0.208. The molecule has 0 atom stereocenters. The van der Waals surface area contributed by atoms with Crippen molar-refractivity contribution in [2.45, 2.75) is 27.4 Å². The first-order chi connectivity index (χ1) is 13.5. The van der Waals surface area contributed by atoms with Crippen LogP contribution in [-0.4, -0.2) is 12.5 Å². The molecule has 0 bridgehead atoms. The lowest BCUT2D eigenvalue weighted by atomic mass is 10.1. The summed E-state index contributed by atoms with van der Waals surface area (Å²) < 4.78 is 5.77. The van der Waals surface area contributed by atoms with Gasteiger partial charge in [0, 0.05) is 11.4 Å². The Bertz CT molecular complexity index is 912. The number of hydrogen-bond acceptors (Lipinski definition) is 3. The summed E-state index contributed by atoms with van der Waals surface area (Å²) in [5.74, 6) is 0.684. The van der Waals surface area contributed by atoms with Gasteiger partial charge in [-0.3, -0.25) is 4.79 Å². The number of benzene rings is 3. The normalized spacial score (nSPS) is 10.4. The Balaban J connectivity index is 1.50. The first kappa shape index (κ1) is 19.5. The van der Waals surface area contributed by atoms with Gasteiger partial charge in [-0.25, -0.2) is 0 Å². The van der Waals surface area contributed by atoms with E-state index in [0.717, 1.165) is 33.8 Å². The number of carbonyl (C=O) groups excluding carboxylic acids is 1. The highest BCUT2D eigenvalue weighted by atomic mass is 16.5. The van der Waals surface area contributed by atoms with E-state index in [1.54, 1.807) is 0 Å². The van der Waals surface area contributed by atoms with Crippen molar-refractivity contribution in [2.75, 3.05) is 17.2 Å². The summed E-state index contributed by atoms with van der Waals surface area (Å²) in [6.07, 6.45) is 0. The SMILES string of the molecule is Cc1cc(C)c(NCC(=O)Nc2ccc(OCc3ccccc3)cc2)c(C)c1. The second kappa shape index (κ2) is 9.09. The van der Waals surface area contributed by atoms with Crippen LogP contribution in [-0.2, 0) is 11.4 Å². The van der Waals surface area contributed by atoms with E-state index in [1.165, 1.54) is 5.56 Å². The largest absolute Gasteiger partial charge is 0.489 e. The van der Waals surface area contributed by atoms with Crippen molar-refractivity contribution < 1.29 is 9.53 Å². The molecular weight excluding hydrogens is 348 g/mol. The molecule has 0 unspecified atom stereocenters. The van der Waals surface area contributed by atoms with Gasteiger partial charge in [-0.1, -0.05) is 48.0 Å². The van der Waals surface area contributed by atoms with Crippen LogP contribution >= 0.6 is 0 Å². The van der Waals surface area contributed by atoms with Gasteiger partial charge in [-0.15, -0.1) is 0 Å². The van der Waals surface area contributed by atoms with Gasteiger partial charge in [0.25, 0.3) is 0 Å². The Morgan fingerprint density at radius 2 is 1.54 bits per heavy atom. The van der Waals surface area contributed by atoms with Crippen molar-refractivity contribution in [3.05, 3.63) is 89.0 Å². The molecule has 0 saturated heterocycles. The summed E-state index contributed by atoms with van der Waals surface area (Å²) in [6.45, 7) is 6.91. The van der Waals surface area contributed by atoms with Crippen molar-refractivity contribution in [2.24, 2.45) is 0 Å². The molecule has 3 rings (SSSR count). The average Bonchev–Trinajstić information content (AvgIpc) is 2.67. The van der Waals surface area contributed by atoms with Crippen LogP contribution in [0.5, 0.6) is 5.75 Å². The maximum absolute atomic E-state index is 12.3. The van der Waals surface area contributed by atoms with E-state index >= 15 is 0 Å². The minimum absolute atomic E-state index is 0.0858. The predicted octanol–water partition coefficient (Wildman–Crippen LogP) is 5.24. The lowest BCUT2D eigenvalue weighted by Crippen LogP contribution is -2.22. The van der Waals surface area contributed by atoms with Crippen LogP contribution in [0.3, 0.4) is 0 Å². The van der Waals surface area contributed by atoms with Crippen LogP contribution in [0.2, 0.25) is 0 Å². The summed E-state index contributed by atoms with van der Waals surface area (Å²) in [5.41, 5.74) is 6.39. The molecule has 0 saturated carbocycles. The van der Waals surface area contributed by atoms with Crippen molar-refractivity contribution in [3.63, 3.8) is 0 Å². The zero-order valence-corrected chi connectivity index (χ0v) is 16.6. The number of ether oxygens (including phenoxy) is 1. The van der Waals surface area contributed by atoms with Gasteiger partial charge >= 0.3 is 0 Å². The van der Waals surface area contributed by atoms with E-state index < -0.39 is 0 Å². The first-order valence-electron chi connectivity index (χ1n) is 9.39. The number of carbonyl (C=O) groups is 1. The smallest absolute Gasteiger partial charge is 0.243 e. The molecule has 1 amide bonds. The highest BCUT2D eigenvalue weighted by Crippen LogP contribution is 2.22. The average molecular weight is 374 g/mol. The molecular formula is C24H26N2O2. The van der Waals surface area contributed by atoms with Crippen molar-refractivity contribution in [1.29, 1.82) is 0 Å². The third-order valence-electron chi connectivity index (χ3n) is 4.49. The third-order valence-corrected chi connectivity index (χ3v) is 4.49. The van der Waals surface area contributed by atoms with Crippen LogP contribution in [0.15, 0.2) is 66.7 Å². The lowest BCUT2D eigenvalue weighted by Gasteiger charge is -2.14. The summed E-state index contributed by atoms with van der Waals surface area (Å²) in [6, 6.07) is 21.7. The predicted molar refractivity (Wildman–Crippen MR) is 115 cm³/mol. The number of nitrogens with one attached hydrogen (secondary N) is 2. The lowest BCUT2D eigenvalue weighted by molar-refractivity contribution is -0.114. The molecule has 0 spiro atoms. The van der Waals surface area contributed by atoms with E-state index in [9.17, 15) is 4.79 Å². The van der Waals surface area contributed by atoms with Crippen molar-refractivity contribution in [1.82, 2.24) is 0 Å². The highest BCUT2D eigenvalue weighted by Gasteiger charge is 2.07. The number of anilines is 2. The quantitative estimate of drug-likeness (QED) is 0.594.